The van der Waals surface area contributed by atoms with Gasteiger partial charge in [0.2, 0.25) is 0 Å². The second-order valence-electron chi connectivity index (χ2n) is 12.2. The highest BCUT2D eigenvalue weighted by molar-refractivity contribution is 7.80. The molecule has 0 saturated carbocycles. The molecule has 0 radical (unpaired) electrons. The van der Waals surface area contributed by atoms with Crippen LogP contribution in [0.3, 0.4) is 0 Å². The largest absolute Gasteiger partial charge is 0.416 e. The molecule has 0 heterocycles. The summed E-state index contributed by atoms with van der Waals surface area (Å²) >= 11 is 0. The smallest absolute Gasteiger partial charge is 0.343 e. The van der Waals surface area contributed by atoms with Crippen LogP contribution < -0.4 is 31.9 Å². The minimum Gasteiger partial charge on any atom is -0.343 e. The van der Waals surface area contributed by atoms with Crippen molar-refractivity contribution in [2.24, 2.45) is 0 Å². The van der Waals surface area contributed by atoms with Crippen LogP contribution in [0.1, 0.15) is 44.7 Å². The minimum absolute atomic E-state index is 0.0177. The van der Waals surface area contributed by atoms with Crippen molar-refractivity contribution in [2.75, 3.05) is 5.32 Å². The number of amides is 3. The number of benzene rings is 6. The molecule has 2 atom stereocenters. The van der Waals surface area contributed by atoms with E-state index in [9.17, 15) is 35.9 Å². The van der Waals surface area contributed by atoms with Gasteiger partial charge in [-0.25, -0.2) is 4.79 Å². The van der Waals surface area contributed by atoms with Gasteiger partial charge in [-0.3, -0.25) is 4.79 Å². The SMILES string of the molecule is O=C(Nc1cc(C(F)(F)F)cc(C(F)(F)F)c1)NC(c1ccccc1)C(NC(=O)c1ccccc1P(c1ccccc1)c1ccccc1)c1ccccc1. The summed E-state index contributed by atoms with van der Waals surface area (Å²) in [6.07, 6.45) is -10.2. The first kappa shape index (κ1) is 37.8. The molecule has 5 nitrogen and oxygen atoms in total. The topological polar surface area (TPSA) is 70.2 Å². The molecule has 0 aromatic heterocycles. The minimum atomic E-state index is -5.11. The average Bonchev–Trinajstić information content (AvgIpc) is 3.17. The van der Waals surface area contributed by atoms with E-state index in [4.69, 9.17) is 0 Å². The molecule has 0 aliphatic rings. The Bertz CT molecular complexity index is 2110. The maximum absolute atomic E-state index is 14.5. The second-order valence-corrected chi connectivity index (χ2v) is 14.4. The maximum atomic E-state index is 14.5. The van der Waals surface area contributed by atoms with E-state index in [0.717, 1.165) is 15.9 Å². The Morgan fingerprint density at radius 2 is 0.907 bits per heavy atom. The molecule has 54 heavy (non-hydrogen) atoms. The van der Waals surface area contributed by atoms with Crippen molar-refractivity contribution in [3.63, 3.8) is 0 Å². The third-order valence-corrected chi connectivity index (χ3v) is 11.0. The molecule has 6 rings (SSSR count). The Hall–Kier alpha value is -5.93. The number of carbonyl (C=O) groups excluding carboxylic acids is 2. The lowest BCUT2D eigenvalue weighted by atomic mass is 9.93. The molecule has 0 bridgehead atoms. The number of alkyl halides is 6. The van der Waals surface area contributed by atoms with Crippen LogP contribution in [0.4, 0.5) is 36.8 Å². The maximum Gasteiger partial charge on any atom is 0.416 e. The first-order chi connectivity index (χ1) is 25.9. The molecule has 0 aliphatic heterocycles. The van der Waals surface area contributed by atoms with Crippen molar-refractivity contribution in [3.05, 3.63) is 192 Å². The van der Waals surface area contributed by atoms with E-state index in [1.54, 1.807) is 72.8 Å². The highest BCUT2D eigenvalue weighted by Crippen LogP contribution is 2.38. The van der Waals surface area contributed by atoms with Gasteiger partial charge in [-0.15, -0.1) is 0 Å². The van der Waals surface area contributed by atoms with E-state index in [1.165, 1.54) is 0 Å². The van der Waals surface area contributed by atoms with Crippen LogP contribution in [0.15, 0.2) is 164 Å². The number of anilines is 1. The van der Waals surface area contributed by atoms with E-state index < -0.39 is 61.1 Å². The molecule has 0 aliphatic carbocycles. The van der Waals surface area contributed by atoms with Crippen LogP contribution in [-0.2, 0) is 12.4 Å². The molecule has 3 N–H and O–H groups in total. The highest BCUT2D eigenvalue weighted by Gasteiger charge is 2.37. The van der Waals surface area contributed by atoms with Gasteiger partial charge in [-0.05, 0) is 59.2 Å². The summed E-state index contributed by atoms with van der Waals surface area (Å²) in [5.74, 6) is -0.463. The summed E-state index contributed by atoms with van der Waals surface area (Å²) in [4.78, 5) is 28.1. The Morgan fingerprint density at radius 1 is 0.500 bits per heavy atom. The molecule has 274 valence electrons. The zero-order valence-corrected chi connectivity index (χ0v) is 29.2. The van der Waals surface area contributed by atoms with E-state index in [-0.39, 0.29) is 6.07 Å². The van der Waals surface area contributed by atoms with Crippen LogP contribution in [0.5, 0.6) is 0 Å². The number of urea groups is 1. The second kappa shape index (κ2) is 16.4. The molecular weight excluding hydrogens is 723 g/mol. The molecule has 12 heteroatoms. The molecule has 3 amide bonds. The third kappa shape index (κ3) is 9.16. The molecule has 0 spiro atoms. The van der Waals surface area contributed by atoms with Gasteiger partial charge in [0.1, 0.15) is 0 Å². The van der Waals surface area contributed by atoms with E-state index in [0.29, 0.717) is 28.8 Å². The molecule has 6 aromatic carbocycles. The summed E-state index contributed by atoms with van der Waals surface area (Å²) in [5.41, 5.74) is -2.41. The summed E-state index contributed by atoms with van der Waals surface area (Å²) in [6.45, 7) is 0. The van der Waals surface area contributed by atoms with Crippen molar-refractivity contribution >= 4 is 41.5 Å². The first-order valence-electron chi connectivity index (χ1n) is 16.7. The summed E-state index contributed by atoms with van der Waals surface area (Å²) in [6, 6.07) is 41.9. The van der Waals surface area contributed by atoms with Crippen LogP contribution in [0.25, 0.3) is 0 Å². The molecule has 0 fully saturated rings. The van der Waals surface area contributed by atoms with Gasteiger partial charge < -0.3 is 16.0 Å². The number of carbonyl (C=O) groups is 2. The van der Waals surface area contributed by atoms with Crippen molar-refractivity contribution in [1.82, 2.24) is 10.6 Å². The Kier molecular flexibility index (Phi) is 11.5. The van der Waals surface area contributed by atoms with E-state index in [2.05, 4.69) is 16.0 Å². The lowest BCUT2D eigenvalue weighted by Gasteiger charge is -2.31. The van der Waals surface area contributed by atoms with Crippen molar-refractivity contribution in [2.45, 2.75) is 24.4 Å². The first-order valence-corrected chi connectivity index (χ1v) is 18.0. The average molecular weight is 756 g/mol. The molecule has 0 saturated heterocycles. The van der Waals surface area contributed by atoms with Gasteiger partial charge in [-0.1, -0.05) is 140 Å². The predicted octanol–water partition coefficient (Wildman–Crippen LogP) is 9.52. The standard InChI is InChI=1S/C42H32F6N3O2P/c43-41(44,45)30-25-31(42(46,47)48)27-32(26-30)49-40(53)51-38(29-17-7-2-8-18-29)37(28-15-5-1-6-16-28)50-39(52)35-23-13-14-24-36(35)54(33-19-9-3-10-20-33)34-21-11-4-12-22-34/h1-27,37-38H,(H,50,52)(H2,49,51,53). The van der Waals surface area contributed by atoms with Crippen LogP contribution in [-0.4, -0.2) is 11.9 Å². The fourth-order valence-corrected chi connectivity index (χ4v) is 8.48. The zero-order chi connectivity index (χ0) is 38.3. The van der Waals surface area contributed by atoms with Gasteiger partial charge in [0, 0.05) is 11.3 Å². The highest BCUT2D eigenvalue weighted by atomic mass is 31.1. The van der Waals surface area contributed by atoms with E-state index >= 15 is 0 Å². The Labute approximate surface area is 308 Å². The summed E-state index contributed by atoms with van der Waals surface area (Å²) in [7, 11) is -1.20. The lowest BCUT2D eigenvalue weighted by Crippen LogP contribution is -2.43. The number of rotatable bonds is 10. The van der Waals surface area contributed by atoms with Crippen LogP contribution in [0, 0.1) is 0 Å². The van der Waals surface area contributed by atoms with Crippen LogP contribution in [0.2, 0.25) is 0 Å². The number of hydrogen-bond donors (Lipinski definition) is 3. The Balaban J connectivity index is 1.38. The summed E-state index contributed by atoms with van der Waals surface area (Å²) in [5, 5.41) is 10.8. The third-order valence-electron chi connectivity index (χ3n) is 8.49. The van der Waals surface area contributed by atoms with Crippen molar-refractivity contribution in [1.29, 1.82) is 0 Å². The monoisotopic (exact) mass is 755 g/mol. The fraction of sp³-hybridized carbons (Fsp3) is 0.0952. The van der Waals surface area contributed by atoms with Gasteiger partial charge >= 0.3 is 18.4 Å². The number of nitrogens with one attached hydrogen (secondary N) is 3. The van der Waals surface area contributed by atoms with Gasteiger partial charge in [-0.2, -0.15) is 26.3 Å². The molecular formula is C42H32F6N3O2P. The predicted molar refractivity (Wildman–Crippen MR) is 200 cm³/mol. The normalized spacial score (nSPS) is 12.8. The number of hydrogen-bond acceptors (Lipinski definition) is 2. The van der Waals surface area contributed by atoms with Gasteiger partial charge in [0.05, 0.1) is 23.2 Å². The molecule has 2 unspecified atom stereocenters. The van der Waals surface area contributed by atoms with Crippen LogP contribution >= 0.6 is 7.92 Å². The fourth-order valence-electron chi connectivity index (χ4n) is 6.04. The van der Waals surface area contributed by atoms with Gasteiger partial charge in [0.25, 0.3) is 5.91 Å². The quantitative estimate of drug-likeness (QED) is 0.0964. The Morgan fingerprint density at radius 3 is 1.37 bits per heavy atom. The van der Waals surface area contributed by atoms with E-state index in [1.807, 2.05) is 72.8 Å². The van der Waals surface area contributed by atoms with Crippen molar-refractivity contribution in [3.8, 4) is 0 Å². The molecule has 6 aromatic rings. The summed E-state index contributed by atoms with van der Waals surface area (Å²) < 4.78 is 81.6. The zero-order valence-electron chi connectivity index (χ0n) is 28.3. The lowest BCUT2D eigenvalue weighted by molar-refractivity contribution is -0.143. The van der Waals surface area contributed by atoms with Crippen molar-refractivity contribution < 1.29 is 35.9 Å². The number of halogens is 6. The van der Waals surface area contributed by atoms with Gasteiger partial charge in [0.15, 0.2) is 0 Å².